The number of carbonyl (C=O) groups is 1. The van der Waals surface area contributed by atoms with E-state index in [1.807, 2.05) is 0 Å². The number of likely N-dealkylation sites (N-methyl/N-ethyl adjacent to an activating group) is 1. The number of hydrogen-bond acceptors (Lipinski definition) is 5. The minimum absolute atomic E-state index is 0.0670. The van der Waals surface area contributed by atoms with Crippen LogP contribution in [0, 0.1) is 5.92 Å². The average Bonchev–Trinajstić information content (AvgIpc) is 2.54. The van der Waals surface area contributed by atoms with E-state index >= 15 is 0 Å². The molecule has 0 aromatic rings. The number of morpholine rings is 1. The van der Waals surface area contributed by atoms with Gasteiger partial charge in [0.05, 0.1) is 13.2 Å². The van der Waals surface area contributed by atoms with Crippen LogP contribution in [0.25, 0.3) is 0 Å². The van der Waals surface area contributed by atoms with Crippen LogP contribution in [0.4, 0.5) is 0 Å². The Morgan fingerprint density at radius 1 is 1.33 bits per heavy atom. The van der Waals surface area contributed by atoms with Gasteiger partial charge in [-0.1, -0.05) is 13.8 Å². The van der Waals surface area contributed by atoms with Crippen molar-refractivity contribution in [2.45, 2.75) is 19.9 Å². The Hall–Kier alpha value is -0.690. The molecule has 21 heavy (non-hydrogen) atoms. The van der Waals surface area contributed by atoms with Gasteiger partial charge in [-0.2, -0.15) is 0 Å². The van der Waals surface area contributed by atoms with Gasteiger partial charge in [0.25, 0.3) is 0 Å². The van der Waals surface area contributed by atoms with Crippen molar-refractivity contribution >= 4 is 5.91 Å². The van der Waals surface area contributed by atoms with E-state index in [2.05, 4.69) is 34.3 Å². The second-order valence-electron chi connectivity index (χ2n) is 6.17. The van der Waals surface area contributed by atoms with E-state index in [-0.39, 0.29) is 11.9 Å². The van der Waals surface area contributed by atoms with E-state index in [0.717, 1.165) is 39.3 Å². The molecule has 2 fully saturated rings. The number of piperazine rings is 1. The molecule has 2 aliphatic heterocycles. The summed E-state index contributed by atoms with van der Waals surface area (Å²) >= 11 is 0. The van der Waals surface area contributed by atoms with Crippen LogP contribution in [0.5, 0.6) is 0 Å². The number of carbonyl (C=O) groups excluding carboxylic acids is 1. The first kappa shape index (κ1) is 16.7. The maximum atomic E-state index is 12.0. The van der Waals surface area contributed by atoms with Crippen LogP contribution >= 0.6 is 0 Å². The minimum atomic E-state index is -0.181. The Morgan fingerprint density at radius 2 is 2.05 bits per heavy atom. The fraction of sp³-hybridized carbons (Fsp3) is 0.933. The Balaban J connectivity index is 1.61. The van der Waals surface area contributed by atoms with Crippen LogP contribution in [0.3, 0.4) is 0 Å². The lowest BCUT2D eigenvalue weighted by Gasteiger charge is -2.35. The van der Waals surface area contributed by atoms with Gasteiger partial charge in [0.15, 0.2) is 0 Å². The van der Waals surface area contributed by atoms with Crippen molar-refractivity contribution in [2.75, 3.05) is 65.6 Å². The SMILES string of the molecule is CCN1CCN(CC(C)CNC(=O)C2COCCN2)CC1. The van der Waals surface area contributed by atoms with Gasteiger partial charge in [-0.15, -0.1) is 0 Å². The summed E-state index contributed by atoms with van der Waals surface area (Å²) in [5.74, 6) is 0.545. The summed E-state index contributed by atoms with van der Waals surface area (Å²) in [5, 5.41) is 6.23. The first-order valence-corrected chi connectivity index (χ1v) is 8.22. The highest BCUT2D eigenvalue weighted by Crippen LogP contribution is 2.05. The van der Waals surface area contributed by atoms with E-state index in [1.54, 1.807) is 0 Å². The molecule has 6 heteroatoms. The molecule has 2 aliphatic rings. The van der Waals surface area contributed by atoms with Gasteiger partial charge in [0, 0.05) is 45.8 Å². The van der Waals surface area contributed by atoms with Crippen LogP contribution in [0.15, 0.2) is 0 Å². The predicted octanol–water partition coefficient (Wildman–Crippen LogP) is -0.635. The third kappa shape index (κ3) is 5.54. The molecule has 2 unspecified atom stereocenters. The maximum absolute atomic E-state index is 12.0. The topological polar surface area (TPSA) is 56.8 Å². The monoisotopic (exact) mass is 298 g/mol. The average molecular weight is 298 g/mol. The predicted molar refractivity (Wildman–Crippen MR) is 83.3 cm³/mol. The highest BCUT2D eigenvalue weighted by atomic mass is 16.5. The summed E-state index contributed by atoms with van der Waals surface area (Å²) in [6.45, 7) is 13.9. The Morgan fingerprint density at radius 3 is 2.67 bits per heavy atom. The molecule has 2 atom stereocenters. The first-order valence-electron chi connectivity index (χ1n) is 8.22. The molecule has 2 saturated heterocycles. The standard InChI is InChI=1S/C15H30N4O2/c1-3-18-5-7-19(8-6-18)11-13(2)10-17-15(20)14-12-21-9-4-16-14/h13-14,16H,3-12H2,1-2H3,(H,17,20). The van der Waals surface area contributed by atoms with E-state index in [4.69, 9.17) is 4.74 Å². The lowest BCUT2D eigenvalue weighted by Crippen LogP contribution is -2.52. The van der Waals surface area contributed by atoms with Crippen LogP contribution in [0.1, 0.15) is 13.8 Å². The van der Waals surface area contributed by atoms with Gasteiger partial charge in [-0.05, 0) is 12.5 Å². The molecule has 0 spiro atoms. The van der Waals surface area contributed by atoms with Gasteiger partial charge in [-0.3, -0.25) is 4.79 Å². The molecule has 1 amide bonds. The maximum Gasteiger partial charge on any atom is 0.239 e. The van der Waals surface area contributed by atoms with Gasteiger partial charge in [-0.25, -0.2) is 0 Å². The zero-order valence-electron chi connectivity index (χ0n) is 13.4. The van der Waals surface area contributed by atoms with Crippen molar-refractivity contribution < 1.29 is 9.53 Å². The molecule has 2 N–H and O–H groups in total. The second kappa shape index (κ2) is 8.68. The second-order valence-corrected chi connectivity index (χ2v) is 6.17. The van der Waals surface area contributed by atoms with Gasteiger partial charge < -0.3 is 25.2 Å². The van der Waals surface area contributed by atoms with E-state index in [9.17, 15) is 4.79 Å². The third-order valence-corrected chi connectivity index (χ3v) is 4.34. The highest BCUT2D eigenvalue weighted by molar-refractivity contribution is 5.81. The first-order chi connectivity index (χ1) is 10.2. The summed E-state index contributed by atoms with van der Waals surface area (Å²) in [4.78, 5) is 17.0. The van der Waals surface area contributed by atoms with Gasteiger partial charge in [0.1, 0.15) is 6.04 Å². The number of amides is 1. The summed E-state index contributed by atoms with van der Waals surface area (Å²) in [6.07, 6.45) is 0. The molecule has 0 aromatic heterocycles. The van der Waals surface area contributed by atoms with Gasteiger partial charge >= 0.3 is 0 Å². The number of nitrogens with zero attached hydrogens (tertiary/aromatic N) is 2. The molecule has 122 valence electrons. The number of nitrogens with one attached hydrogen (secondary N) is 2. The molecule has 2 rings (SSSR count). The third-order valence-electron chi connectivity index (χ3n) is 4.34. The van der Waals surface area contributed by atoms with Gasteiger partial charge in [0.2, 0.25) is 5.91 Å². The summed E-state index contributed by atoms with van der Waals surface area (Å²) < 4.78 is 5.32. The molecule has 0 bridgehead atoms. The lowest BCUT2D eigenvalue weighted by atomic mass is 10.1. The van der Waals surface area contributed by atoms with E-state index < -0.39 is 0 Å². The fourth-order valence-electron chi connectivity index (χ4n) is 2.93. The fourth-order valence-corrected chi connectivity index (χ4v) is 2.93. The molecule has 0 aromatic carbocycles. The largest absolute Gasteiger partial charge is 0.378 e. The number of rotatable bonds is 6. The lowest BCUT2D eigenvalue weighted by molar-refractivity contribution is -0.126. The Labute approximate surface area is 128 Å². The smallest absolute Gasteiger partial charge is 0.239 e. The molecule has 0 saturated carbocycles. The summed E-state index contributed by atoms with van der Waals surface area (Å²) in [7, 11) is 0. The van der Waals surface area contributed by atoms with Crippen molar-refractivity contribution in [3.8, 4) is 0 Å². The van der Waals surface area contributed by atoms with Crippen molar-refractivity contribution in [1.82, 2.24) is 20.4 Å². The van der Waals surface area contributed by atoms with E-state index in [0.29, 0.717) is 19.1 Å². The van der Waals surface area contributed by atoms with Crippen molar-refractivity contribution in [1.29, 1.82) is 0 Å². The molecule has 0 radical (unpaired) electrons. The molecular formula is C15H30N4O2. The van der Waals surface area contributed by atoms with Crippen LogP contribution in [-0.4, -0.2) is 87.3 Å². The normalized spacial score (nSPS) is 26.5. The van der Waals surface area contributed by atoms with Crippen molar-refractivity contribution in [3.63, 3.8) is 0 Å². The zero-order chi connectivity index (χ0) is 15.1. The molecule has 0 aliphatic carbocycles. The van der Waals surface area contributed by atoms with Crippen LogP contribution < -0.4 is 10.6 Å². The molecule has 6 nitrogen and oxygen atoms in total. The highest BCUT2D eigenvalue weighted by Gasteiger charge is 2.22. The quantitative estimate of drug-likeness (QED) is 0.683. The van der Waals surface area contributed by atoms with E-state index in [1.165, 1.54) is 13.1 Å². The van der Waals surface area contributed by atoms with Crippen molar-refractivity contribution in [3.05, 3.63) is 0 Å². The summed E-state index contributed by atoms with van der Waals surface area (Å²) in [5.41, 5.74) is 0. The molecule has 2 heterocycles. The van der Waals surface area contributed by atoms with Crippen LogP contribution in [-0.2, 0) is 9.53 Å². The van der Waals surface area contributed by atoms with Crippen molar-refractivity contribution in [2.24, 2.45) is 5.92 Å². The number of ether oxygens (including phenoxy) is 1. The minimum Gasteiger partial charge on any atom is -0.378 e. The van der Waals surface area contributed by atoms with Crippen LogP contribution in [0.2, 0.25) is 0 Å². The summed E-state index contributed by atoms with van der Waals surface area (Å²) in [6, 6.07) is -0.181. The zero-order valence-corrected chi connectivity index (χ0v) is 13.4. The Kier molecular flexibility index (Phi) is 6.89. The number of hydrogen-bond donors (Lipinski definition) is 2. The molecular weight excluding hydrogens is 268 g/mol. The Bertz CT molecular complexity index is 313.